The number of para-hydroxylation sites is 4. The fraction of sp³-hybridized carbons (Fsp3) is 0.192. The molecule has 0 atom stereocenters. The molecule has 0 N–H and O–H groups in total. The summed E-state index contributed by atoms with van der Waals surface area (Å²) in [5, 5.41) is 5.09. The van der Waals surface area contributed by atoms with Crippen LogP contribution in [0.4, 0.5) is 34.1 Å². The first-order valence-electron chi connectivity index (χ1n) is 20.4. The van der Waals surface area contributed by atoms with Crippen LogP contribution in [-0.2, 0) is 53.0 Å². The Bertz CT molecular complexity index is 2800. The van der Waals surface area contributed by atoms with Gasteiger partial charge in [-0.05, 0) is 72.5 Å². The maximum absolute atomic E-state index is 6.62. The van der Waals surface area contributed by atoms with Gasteiger partial charge >= 0.3 is 0 Å². The number of benzene rings is 5. The molecule has 0 saturated carbocycles. The van der Waals surface area contributed by atoms with Crippen LogP contribution in [0, 0.1) is 37.6 Å². The molecule has 63 heavy (non-hydrogen) atoms. The largest absolute Gasteiger partial charge is 0.504 e. The molecular formula is C52H45N6O2PPt2-6. The van der Waals surface area contributed by atoms with Crippen molar-refractivity contribution in [3.63, 3.8) is 0 Å². The molecule has 0 aliphatic carbocycles. The third-order valence-electron chi connectivity index (χ3n) is 11.3. The summed E-state index contributed by atoms with van der Waals surface area (Å²) < 4.78 is 13.2. The van der Waals surface area contributed by atoms with Crippen molar-refractivity contribution in [2.45, 2.75) is 52.4 Å². The van der Waals surface area contributed by atoms with E-state index in [1.807, 2.05) is 30.3 Å². The third-order valence-corrected chi connectivity index (χ3v) is 13.6. The van der Waals surface area contributed by atoms with Crippen molar-refractivity contribution in [2.75, 3.05) is 33.7 Å². The Morgan fingerprint density at radius 1 is 0.524 bits per heavy atom. The van der Waals surface area contributed by atoms with Gasteiger partial charge in [-0.2, -0.15) is 55.9 Å². The first-order chi connectivity index (χ1) is 29.3. The van der Waals surface area contributed by atoms with Gasteiger partial charge in [0.05, 0.1) is 0 Å². The fourth-order valence-corrected chi connectivity index (χ4v) is 10.5. The summed E-state index contributed by atoms with van der Waals surface area (Å²) in [6, 6.07) is 50.7. The van der Waals surface area contributed by atoms with E-state index in [4.69, 9.17) is 9.47 Å². The van der Waals surface area contributed by atoms with Gasteiger partial charge in [0.1, 0.15) is 0 Å². The quantitative estimate of drug-likeness (QED) is 0.146. The van der Waals surface area contributed by atoms with Gasteiger partial charge in [-0.25, -0.2) is 21.3 Å². The first-order valence-corrected chi connectivity index (χ1v) is 21.8. The van der Waals surface area contributed by atoms with E-state index in [0.717, 1.165) is 71.6 Å². The van der Waals surface area contributed by atoms with Crippen LogP contribution in [0.25, 0.3) is 26.3 Å². The van der Waals surface area contributed by atoms with E-state index < -0.39 is 7.53 Å². The van der Waals surface area contributed by atoms with E-state index in [-0.39, 0.29) is 53.0 Å². The number of aromatic nitrogens is 2. The smallest absolute Gasteiger partial charge is 0.215 e. The molecule has 0 unspecified atom stereocenters. The van der Waals surface area contributed by atoms with Crippen LogP contribution in [0.2, 0.25) is 0 Å². The minimum absolute atomic E-state index is 0. The zero-order valence-corrected chi connectivity index (χ0v) is 41.6. The Morgan fingerprint density at radius 2 is 0.937 bits per heavy atom. The van der Waals surface area contributed by atoms with E-state index in [1.165, 1.54) is 0 Å². The molecule has 8 aromatic rings. The number of nitrogens with zero attached hydrogens (tertiary/aromatic N) is 6. The summed E-state index contributed by atoms with van der Waals surface area (Å²) in [7, 11) is 2.80. The zero-order valence-electron chi connectivity index (χ0n) is 36.2. The summed E-state index contributed by atoms with van der Waals surface area (Å²) >= 11 is 0. The molecule has 11 heteroatoms. The summed E-state index contributed by atoms with van der Waals surface area (Å²) in [4.78, 5) is 17.9. The van der Waals surface area contributed by atoms with Gasteiger partial charge in [-0.15, -0.1) is 33.7 Å². The van der Waals surface area contributed by atoms with Crippen molar-refractivity contribution >= 4 is 62.7 Å². The van der Waals surface area contributed by atoms with Gasteiger partial charge in [0.2, 0.25) is 11.8 Å². The molecule has 3 aromatic heterocycles. The third kappa shape index (κ3) is 8.39. The van der Waals surface area contributed by atoms with E-state index in [2.05, 4.69) is 196 Å². The second-order valence-corrected chi connectivity index (χ2v) is 19.7. The van der Waals surface area contributed by atoms with E-state index in [9.17, 15) is 0 Å². The van der Waals surface area contributed by atoms with Gasteiger partial charge in [0.25, 0.3) is 0 Å². The molecule has 5 aromatic carbocycles. The Morgan fingerprint density at radius 3 is 1.35 bits per heavy atom. The summed E-state index contributed by atoms with van der Waals surface area (Å²) in [5.74, 6) is 1.88. The molecule has 8 nitrogen and oxygen atoms in total. The summed E-state index contributed by atoms with van der Waals surface area (Å²) in [5.41, 5.74) is 8.39. The number of rotatable bonds is 7. The second kappa shape index (κ2) is 17.1. The van der Waals surface area contributed by atoms with Crippen LogP contribution >= 0.6 is 7.53 Å². The number of hydrogen-bond acceptors (Lipinski definition) is 8. The van der Waals surface area contributed by atoms with Gasteiger partial charge in [-0.1, -0.05) is 77.3 Å². The maximum atomic E-state index is 6.62. The molecule has 0 spiro atoms. The van der Waals surface area contributed by atoms with Crippen molar-refractivity contribution in [2.24, 2.45) is 0 Å². The van der Waals surface area contributed by atoms with Crippen molar-refractivity contribution in [1.82, 2.24) is 9.97 Å². The van der Waals surface area contributed by atoms with E-state index in [1.54, 1.807) is 12.4 Å². The van der Waals surface area contributed by atoms with Gasteiger partial charge in [0, 0.05) is 89.4 Å². The Balaban J connectivity index is 0.00000272. The zero-order chi connectivity index (χ0) is 42.2. The molecule has 2 aliphatic heterocycles. The summed E-state index contributed by atoms with van der Waals surface area (Å²) in [6.07, 6.45) is 3.59. The topological polar surface area (TPSA) is 57.2 Å². The maximum Gasteiger partial charge on any atom is 0.215 e. The predicted molar refractivity (Wildman–Crippen MR) is 249 cm³/mol. The van der Waals surface area contributed by atoms with Crippen molar-refractivity contribution in [1.29, 1.82) is 0 Å². The standard InChI is InChI=1S/C52H45N6O2P.2Pt/c1-51(2,3)34-21-23-53-49(25-34)59-38-29-39(60-50-26-35(22-24-54-50)52(4,5)6)31-40(30-38)61-47-27-36(57-32-55(7)43-13-9-11-15-45(43)57)17-19-41(47)42-20-18-37(28-48(42)61)58-33-56(8)44-14-10-12-16-46(44)58;;/h9-26,29,32-33H,1-8H3;;/q-6;;. The SMILES string of the molecule is CN1[CH-]N(c2[c-]c3c(cc2)c2ccc(N4[CH-]N(C)c5ccccc54)[c-]c2p3-c2[c-]c(Oc3cc(C(C)(C)C)ccn3)cc(Oc3cc(C(C)(C)C)ccn3)[c-]2)c2ccccc21.[Pt].[Pt]. The number of hydrogen-bond donors (Lipinski definition) is 0. The average molecular weight is 1210 g/mol. The molecule has 5 heterocycles. The van der Waals surface area contributed by atoms with Crippen LogP contribution < -0.4 is 29.1 Å². The molecule has 2 aliphatic rings. The molecule has 0 bridgehead atoms. The normalized spacial score (nSPS) is 13.5. The van der Waals surface area contributed by atoms with Gasteiger partial charge in [-0.3, -0.25) is 0 Å². The molecule has 10 rings (SSSR count). The van der Waals surface area contributed by atoms with Crippen molar-refractivity contribution in [3.8, 4) is 28.6 Å². The predicted octanol–water partition coefficient (Wildman–Crippen LogP) is 13.5. The Kier molecular flexibility index (Phi) is 12.1. The van der Waals surface area contributed by atoms with Crippen molar-refractivity contribution in [3.05, 3.63) is 164 Å². The van der Waals surface area contributed by atoms with Gasteiger partial charge in [0.15, 0.2) is 0 Å². The monoisotopic (exact) mass is 1210 g/mol. The molecule has 326 valence electrons. The fourth-order valence-electron chi connectivity index (χ4n) is 8.02. The van der Waals surface area contributed by atoms with Crippen LogP contribution in [-0.4, -0.2) is 24.1 Å². The first kappa shape index (κ1) is 44.5. The van der Waals surface area contributed by atoms with Crippen LogP contribution in [0.3, 0.4) is 0 Å². The number of anilines is 6. The Labute approximate surface area is 400 Å². The average Bonchev–Trinajstić information content (AvgIpc) is 3.88. The van der Waals surface area contributed by atoms with E-state index >= 15 is 0 Å². The van der Waals surface area contributed by atoms with Crippen LogP contribution in [0.1, 0.15) is 52.7 Å². The second-order valence-electron chi connectivity index (χ2n) is 17.7. The van der Waals surface area contributed by atoms with E-state index in [0.29, 0.717) is 23.3 Å². The van der Waals surface area contributed by atoms with Crippen LogP contribution in [0.15, 0.2) is 116 Å². The van der Waals surface area contributed by atoms with Gasteiger partial charge < -0.3 is 41.2 Å². The van der Waals surface area contributed by atoms with Crippen LogP contribution in [0.5, 0.6) is 23.3 Å². The Hall–Kier alpha value is -5.12. The number of pyridine rings is 2. The molecule has 0 saturated heterocycles. The number of ether oxygens (including phenoxy) is 2. The minimum Gasteiger partial charge on any atom is -0.504 e. The molecule has 0 radical (unpaired) electrons. The molecule has 0 amide bonds. The summed E-state index contributed by atoms with van der Waals surface area (Å²) in [6.45, 7) is 17.3. The minimum atomic E-state index is -1.35. The molecular weight excluding hydrogens is 1160 g/mol. The molecule has 0 fully saturated rings. The number of fused-ring (bicyclic) bond motifs is 5. The van der Waals surface area contributed by atoms with Crippen molar-refractivity contribution < 1.29 is 51.6 Å².